The molecule has 0 saturated carbocycles. The summed E-state index contributed by atoms with van der Waals surface area (Å²) in [5, 5.41) is 1.33. The Hall–Kier alpha value is -3.09. The Morgan fingerprint density at radius 2 is 1.94 bits per heavy atom. The predicted octanol–water partition coefficient (Wildman–Crippen LogP) is 5.94. The van der Waals surface area contributed by atoms with Crippen LogP contribution in [-0.2, 0) is 11.4 Å². The lowest BCUT2D eigenvalue weighted by atomic mass is 10.1. The molecule has 2 aromatic carbocycles. The molecule has 7 heteroatoms. The first-order chi connectivity index (χ1) is 15.1. The van der Waals surface area contributed by atoms with E-state index in [0.717, 1.165) is 11.1 Å². The number of likely N-dealkylation sites (N-methyl/N-ethyl adjacent to an activating group) is 1. The number of halogens is 1. The minimum Gasteiger partial charge on any atom is -0.488 e. The zero-order valence-corrected chi connectivity index (χ0v) is 18.4. The first-order valence-electron chi connectivity index (χ1n) is 9.80. The quantitative estimate of drug-likeness (QED) is 0.437. The fourth-order valence-corrected chi connectivity index (χ4v) is 4.19. The number of rotatable bonds is 6. The summed E-state index contributed by atoms with van der Waals surface area (Å²) in [6, 6.07) is 18.9. The third-order valence-electron chi connectivity index (χ3n) is 4.59. The van der Waals surface area contributed by atoms with Crippen molar-refractivity contribution < 1.29 is 9.53 Å². The fourth-order valence-electron chi connectivity index (χ4n) is 3.01. The maximum absolute atomic E-state index is 13.0. The lowest BCUT2D eigenvalue weighted by molar-refractivity contribution is -0.122. The molecule has 2 heterocycles. The van der Waals surface area contributed by atoms with E-state index in [4.69, 9.17) is 16.3 Å². The van der Waals surface area contributed by atoms with Crippen LogP contribution in [0, 0.1) is 0 Å². The van der Waals surface area contributed by atoms with Gasteiger partial charge in [-0.25, -0.2) is 4.99 Å². The van der Waals surface area contributed by atoms with Gasteiger partial charge in [0.05, 0.1) is 16.8 Å². The lowest BCUT2D eigenvalue weighted by Gasteiger charge is -2.12. The number of aliphatic imine (C=N–C) groups is 1. The van der Waals surface area contributed by atoms with Gasteiger partial charge in [0, 0.05) is 23.3 Å². The van der Waals surface area contributed by atoms with Crippen LogP contribution >= 0.6 is 23.4 Å². The molecule has 0 bridgehead atoms. The van der Waals surface area contributed by atoms with Gasteiger partial charge in [0.2, 0.25) is 0 Å². The van der Waals surface area contributed by atoms with Gasteiger partial charge in [-0.1, -0.05) is 41.9 Å². The Balaban J connectivity index is 1.57. The summed E-state index contributed by atoms with van der Waals surface area (Å²) in [7, 11) is 0. The van der Waals surface area contributed by atoms with E-state index in [9.17, 15) is 4.79 Å². The number of benzene rings is 2. The molecule has 1 aromatic heterocycles. The van der Waals surface area contributed by atoms with Crippen molar-refractivity contribution in [3.8, 4) is 5.75 Å². The molecule has 4 rings (SSSR count). The molecule has 1 aliphatic heterocycles. The van der Waals surface area contributed by atoms with Crippen LogP contribution < -0.4 is 4.74 Å². The normalized spacial score (nSPS) is 16.3. The summed E-state index contributed by atoms with van der Waals surface area (Å²) in [6.45, 7) is 2.88. The zero-order chi connectivity index (χ0) is 21.6. The number of pyridine rings is 1. The number of hydrogen-bond acceptors (Lipinski definition) is 5. The minimum atomic E-state index is -0.0670. The van der Waals surface area contributed by atoms with Gasteiger partial charge in [0.1, 0.15) is 12.4 Å². The van der Waals surface area contributed by atoms with Gasteiger partial charge in [0.15, 0.2) is 5.17 Å². The highest BCUT2D eigenvalue weighted by Gasteiger charge is 2.32. The number of ether oxygens (including phenoxy) is 1. The molecule has 0 aliphatic carbocycles. The molecule has 0 spiro atoms. The number of amidine groups is 1. The maximum Gasteiger partial charge on any atom is 0.266 e. The lowest BCUT2D eigenvalue weighted by Crippen LogP contribution is -2.28. The minimum absolute atomic E-state index is 0.0670. The number of para-hydroxylation sites is 1. The van der Waals surface area contributed by atoms with Crippen molar-refractivity contribution in [1.29, 1.82) is 0 Å². The Morgan fingerprint density at radius 1 is 1.13 bits per heavy atom. The zero-order valence-electron chi connectivity index (χ0n) is 16.9. The second-order valence-corrected chi connectivity index (χ2v) is 8.16. The summed E-state index contributed by atoms with van der Waals surface area (Å²) >= 11 is 7.30. The standard InChI is InChI=1S/C24H20ClN3O2S/c1-2-28-23(29)22(31-24(28)27-20-7-5-13-26-15-20)14-18-6-3-4-8-21(18)30-16-17-9-11-19(25)12-10-17/h3-15H,2,16H2,1H3/b22-14-,27-24?. The second kappa shape index (κ2) is 9.81. The highest BCUT2D eigenvalue weighted by Crippen LogP contribution is 2.35. The van der Waals surface area contributed by atoms with E-state index >= 15 is 0 Å². The van der Waals surface area contributed by atoms with Gasteiger partial charge in [-0.05, 0) is 60.7 Å². The van der Waals surface area contributed by atoms with Gasteiger partial charge in [-0.2, -0.15) is 0 Å². The number of amides is 1. The Kier molecular flexibility index (Phi) is 6.70. The number of hydrogen-bond donors (Lipinski definition) is 0. The van der Waals surface area contributed by atoms with Gasteiger partial charge in [-0.15, -0.1) is 0 Å². The van der Waals surface area contributed by atoms with E-state index in [-0.39, 0.29) is 5.91 Å². The average Bonchev–Trinajstić information content (AvgIpc) is 3.08. The number of carbonyl (C=O) groups excluding carboxylic acids is 1. The van der Waals surface area contributed by atoms with Crippen LogP contribution in [0.2, 0.25) is 5.02 Å². The monoisotopic (exact) mass is 449 g/mol. The van der Waals surface area contributed by atoms with E-state index in [1.54, 1.807) is 17.3 Å². The van der Waals surface area contributed by atoms with Crippen molar-refractivity contribution in [3.05, 3.63) is 94.1 Å². The van der Waals surface area contributed by atoms with Crippen molar-refractivity contribution in [2.75, 3.05) is 6.54 Å². The van der Waals surface area contributed by atoms with Crippen LogP contribution in [-0.4, -0.2) is 27.5 Å². The Morgan fingerprint density at radius 3 is 2.68 bits per heavy atom. The summed E-state index contributed by atoms with van der Waals surface area (Å²) < 4.78 is 6.02. The molecule has 1 saturated heterocycles. The number of nitrogens with zero attached hydrogens (tertiary/aromatic N) is 3. The molecule has 156 valence electrons. The van der Waals surface area contributed by atoms with Crippen LogP contribution in [0.1, 0.15) is 18.1 Å². The molecule has 1 aliphatic rings. The van der Waals surface area contributed by atoms with Gasteiger partial charge < -0.3 is 4.74 Å². The largest absolute Gasteiger partial charge is 0.488 e. The van der Waals surface area contributed by atoms with E-state index in [1.165, 1.54) is 11.8 Å². The highest BCUT2D eigenvalue weighted by molar-refractivity contribution is 8.18. The first kappa shape index (κ1) is 21.2. The molecule has 1 amide bonds. The van der Waals surface area contributed by atoms with Gasteiger partial charge in [-0.3, -0.25) is 14.7 Å². The smallest absolute Gasteiger partial charge is 0.266 e. The SMILES string of the molecule is CCN1C(=O)/C(=C/c2ccccc2OCc2ccc(Cl)cc2)SC1=Nc1cccnc1. The third-order valence-corrected chi connectivity index (χ3v) is 5.85. The number of carbonyl (C=O) groups is 1. The Labute approximate surface area is 190 Å². The molecule has 0 radical (unpaired) electrons. The van der Waals surface area contributed by atoms with Crippen LogP contribution in [0.4, 0.5) is 5.69 Å². The van der Waals surface area contributed by atoms with Crippen LogP contribution in [0.25, 0.3) is 6.08 Å². The highest BCUT2D eigenvalue weighted by atomic mass is 35.5. The van der Waals surface area contributed by atoms with E-state index in [1.807, 2.05) is 73.7 Å². The van der Waals surface area contributed by atoms with E-state index in [2.05, 4.69) is 9.98 Å². The molecule has 31 heavy (non-hydrogen) atoms. The summed E-state index contributed by atoms with van der Waals surface area (Å²) in [4.78, 5) is 23.9. The molecule has 3 aromatic rings. The van der Waals surface area contributed by atoms with Crippen LogP contribution in [0.15, 0.2) is 83.0 Å². The number of aromatic nitrogens is 1. The van der Waals surface area contributed by atoms with E-state index in [0.29, 0.717) is 39.7 Å². The van der Waals surface area contributed by atoms with Crippen LogP contribution in [0.3, 0.4) is 0 Å². The van der Waals surface area contributed by atoms with E-state index < -0.39 is 0 Å². The molecule has 0 N–H and O–H groups in total. The average molecular weight is 450 g/mol. The molecule has 5 nitrogen and oxygen atoms in total. The van der Waals surface area contributed by atoms with Crippen molar-refractivity contribution >= 4 is 46.2 Å². The topological polar surface area (TPSA) is 54.8 Å². The van der Waals surface area contributed by atoms with Crippen molar-refractivity contribution in [3.63, 3.8) is 0 Å². The first-order valence-corrected chi connectivity index (χ1v) is 11.0. The summed E-state index contributed by atoms with van der Waals surface area (Å²) in [6.07, 6.45) is 5.23. The number of thioether (sulfide) groups is 1. The maximum atomic E-state index is 13.0. The summed E-state index contributed by atoms with van der Waals surface area (Å²) in [5.74, 6) is 0.640. The predicted molar refractivity (Wildman–Crippen MR) is 127 cm³/mol. The molecule has 1 fully saturated rings. The van der Waals surface area contributed by atoms with Gasteiger partial charge in [0.25, 0.3) is 5.91 Å². The third kappa shape index (κ3) is 5.16. The van der Waals surface area contributed by atoms with Crippen molar-refractivity contribution in [1.82, 2.24) is 9.88 Å². The summed E-state index contributed by atoms with van der Waals surface area (Å²) in [5.41, 5.74) is 2.57. The second-order valence-electron chi connectivity index (χ2n) is 6.72. The molecule has 0 unspecified atom stereocenters. The molecular weight excluding hydrogens is 430 g/mol. The Bertz CT molecular complexity index is 1130. The van der Waals surface area contributed by atoms with Crippen molar-refractivity contribution in [2.24, 2.45) is 4.99 Å². The van der Waals surface area contributed by atoms with Crippen LogP contribution in [0.5, 0.6) is 5.75 Å². The van der Waals surface area contributed by atoms with Crippen molar-refractivity contribution in [2.45, 2.75) is 13.5 Å². The molecule has 0 atom stereocenters. The molecular formula is C24H20ClN3O2S. The van der Waals surface area contributed by atoms with Gasteiger partial charge >= 0.3 is 0 Å². The fraction of sp³-hybridized carbons (Fsp3) is 0.125.